The van der Waals surface area contributed by atoms with Gasteiger partial charge in [0, 0.05) is 19.5 Å². The zero-order chi connectivity index (χ0) is 19.7. The maximum absolute atomic E-state index is 12.3. The zero-order valence-corrected chi connectivity index (χ0v) is 18.4. The molecule has 1 rings (SSSR count). The van der Waals surface area contributed by atoms with E-state index in [9.17, 15) is 4.79 Å². The van der Waals surface area contributed by atoms with Gasteiger partial charge in [-0.1, -0.05) is 70.4 Å². The molecule has 27 heavy (non-hydrogen) atoms. The van der Waals surface area contributed by atoms with Crippen LogP contribution in [0.1, 0.15) is 111 Å². The van der Waals surface area contributed by atoms with E-state index < -0.39 is 0 Å². The number of carbonyl (C=O) groups is 1. The summed E-state index contributed by atoms with van der Waals surface area (Å²) in [7, 11) is 0. The molecule has 1 amide bonds. The van der Waals surface area contributed by atoms with Gasteiger partial charge in [-0.3, -0.25) is 4.79 Å². The number of unbranched alkanes of at least 4 members (excludes halogenated alkanes) is 11. The highest BCUT2D eigenvalue weighted by Gasteiger charge is 2.25. The molecule has 1 fully saturated rings. The summed E-state index contributed by atoms with van der Waals surface area (Å²) in [5.41, 5.74) is 0. The number of nitrogens with zero attached hydrogens (tertiary/aromatic N) is 1. The quantitative estimate of drug-likeness (QED) is 0.235. The Kier molecular flexibility index (Phi) is 14.5. The highest BCUT2D eigenvalue weighted by molar-refractivity contribution is 5.76. The Labute approximate surface area is 168 Å². The molecule has 0 spiro atoms. The predicted octanol–water partition coefficient (Wildman–Crippen LogP) is 6.66. The summed E-state index contributed by atoms with van der Waals surface area (Å²) in [6.45, 7) is 7.90. The van der Waals surface area contributed by atoms with Gasteiger partial charge < -0.3 is 9.64 Å². The SMILES string of the molecule is CCCCCCCCC=CCCCCCCCC(=O)N1CC(C)OC(C)C1. The fraction of sp³-hybridized carbons (Fsp3) is 0.875. The molecule has 3 nitrogen and oxygen atoms in total. The largest absolute Gasteiger partial charge is 0.372 e. The van der Waals surface area contributed by atoms with Gasteiger partial charge in [0.25, 0.3) is 0 Å². The predicted molar refractivity (Wildman–Crippen MR) is 116 cm³/mol. The standard InChI is InChI=1S/C24H45NO2/c1-4-5-6-7-8-9-10-11-12-13-14-15-16-17-18-19-24(26)25-20-22(2)27-23(3)21-25/h11-12,22-23H,4-10,13-21H2,1-3H3. The lowest BCUT2D eigenvalue weighted by Crippen LogP contribution is -2.48. The minimum Gasteiger partial charge on any atom is -0.372 e. The zero-order valence-electron chi connectivity index (χ0n) is 18.4. The van der Waals surface area contributed by atoms with Crippen LogP contribution >= 0.6 is 0 Å². The highest BCUT2D eigenvalue weighted by atomic mass is 16.5. The molecule has 0 radical (unpaired) electrons. The average Bonchev–Trinajstić information content (AvgIpc) is 2.64. The molecular formula is C24H45NO2. The molecule has 0 aromatic heterocycles. The molecule has 0 N–H and O–H groups in total. The van der Waals surface area contributed by atoms with Crippen molar-refractivity contribution >= 4 is 5.91 Å². The van der Waals surface area contributed by atoms with Crippen LogP contribution in [-0.4, -0.2) is 36.1 Å². The van der Waals surface area contributed by atoms with Crippen molar-refractivity contribution in [1.29, 1.82) is 0 Å². The van der Waals surface area contributed by atoms with Gasteiger partial charge in [-0.25, -0.2) is 0 Å². The maximum Gasteiger partial charge on any atom is 0.222 e. The summed E-state index contributed by atoms with van der Waals surface area (Å²) in [6.07, 6.45) is 22.6. The number of hydrogen-bond acceptors (Lipinski definition) is 2. The number of hydrogen-bond donors (Lipinski definition) is 0. The first-order chi connectivity index (χ1) is 13.1. The Morgan fingerprint density at radius 3 is 1.85 bits per heavy atom. The lowest BCUT2D eigenvalue weighted by Gasteiger charge is -2.35. The summed E-state index contributed by atoms with van der Waals surface area (Å²) in [5, 5.41) is 0. The Morgan fingerprint density at radius 2 is 1.30 bits per heavy atom. The summed E-state index contributed by atoms with van der Waals surface area (Å²) < 4.78 is 5.70. The van der Waals surface area contributed by atoms with Crippen LogP contribution in [0.3, 0.4) is 0 Å². The molecule has 2 atom stereocenters. The van der Waals surface area contributed by atoms with Gasteiger partial charge >= 0.3 is 0 Å². The van der Waals surface area contributed by atoms with Crippen molar-refractivity contribution in [3.8, 4) is 0 Å². The number of rotatable bonds is 15. The van der Waals surface area contributed by atoms with Crippen molar-refractivity contribution < 1.29 is 9.53 Å². The molecular weight excluding hydrogens is 334 g/mol. The molecule has 0 aromatic carbocycles. The molecule has 158 valence electrons. The molecule has 1 heterocycles. The summed E-state index contributed by atoms with van der Waals surface area (Å²) >= 11 is 0. The van der Waals surface area contributed by atoms with E-state index in [0.717, 1.165) is 19.5 Å². The second kappa shape index (κ2) is 16.2. The van der Waals surface area contributed by atoms with Gasteiger partial charge in [0.15, 0.2) is 0 Å². The van der Waals surface area contributed by atoms with Gasteiger partial charge in [0.1, 0.15) is 0 Å². The first-order valence-corrected chi connectivity index (χ1v) is 11.7. The van der Waals surface area contributed by atoms with E-state index in [2.05, 4.69) is 32.9 Å². The minimum atomic E-state index is 0.173. The van der Waals surface area contributed by atoms with Crippen LogP contribution in [0.2, 0.25) is 0 Å². The van der Waals surface area contributed by atoms with Crippen LogP contribution < -0.4 is 0 Å². The Balaban J connectivity index is 1.87. The highest BCUT2D eigenvalue weighted by Crippen LogP contribution is 2.14. The second-order valence-corrected chi connectivity index (χ2v) is 8.39. The van der Waals surface area contributed by atoms with Crippen LogP contribution in [0, 0.1) is 0 Å². The molecule has 0 bridgehead atoms. The topological polar surface area (TPSA) is 29.5 Å². The van der Waals surface area contributed by atoms with Crippen molar-refractivity contribution in [3.05, 3.63) is 12.2 Å². The molecule has 0 aliphatic carbocycles. The van der Waals surface area contributed by atoms with Crippen LogP contribution in [0.15, 0.2) is 12.2 Å². The van der Waals surface area contributed by atoms with Crippen LogP contribution in [-0.2, 0) is 9.53 Å². The van der Waals surface area contributed by atoms with E-state index in [1.165, 1.54) is 77.0 Å². The normalized spacial score (nSPS) is 20.5. The molecule has 0 aromatic rings. The molecule has 0 saturated carbocycles. The third-order valence-electron chi connectivity index (χ3n) is 5.42. The Hall–Kier alpha value is -0.830. The van der Waals surface area contributed by atoms with Gasteiger partial charge in [-0.05, 0) is 46.0 Å². The lowest BCUT2D eigenvalue weighted by molar-refractivity contribution is -0.143. The number of ether oxygens (including phenoxy) is 1. The van der Waals surface area contributed by atoms with Crippen molar-refractivity contribution in [3.63, 3.8) is 0 Å². The van der Waals surface area contributed by atoms with Crippen molar-refractivity contribution in [2.45, 2.75) is 123 Å². The first kappa shape index (κ1) is 24.2. The lowest BCUT2D eigenvalue weighted by atomic mass is 10.1. The van der Waals surface area contributed by atoms with Crippen molar-refractivity contribution in [1.82, 2.24) is 4.90 Å². The maximum atomic E-state index is 12.3. The van der Waals surface area contributed by atoms with Crippen molar-refractivity contribution in [2.75, 3.05) is 13.1 Å². The molecule has 1 saturated heterocycles. The van der Waals surface area contributed by atoms with Gasteiger partial charge in [-0.2, -0.15) is 0 Å². The van der Waals surface area contributed by atoms with Crippen LogP contribution in [0.4, 0.5) is 0 Å². The number of amides is 1. The third-order valence-corrected chi connectivity index (χ3v) is 5.42. The average molecular weight is 380 g/mol. The van der Waals surface area contributed by atoms with E-state index in [1.54, 1.807) is 0 Å². The second-order valence-electron chi connectivity index (χ2n) is 8.39. The van der Waals surface area contributed by atoms with E-state index >= 15 is 0 Å². The first-order valence-electron chi connectivity index (χ1n) is 11.7. The smallest absolute Gasteiger partial charge is 0.222 e. The molecule has 3 heteroatoms. The van der Waals surface area contributed by atoms with E-state index in [4.69, 9.17) is 4.74 Å². The molecule has 2 unspecified atom stereocenters. The molecule has 1 aliphatic heterocycles. The van der Waals surface area contributed by atoms with E-state index in [-0.39, 0.29) is 12.2 Å². The Bertz CT molecular complexity index is 384. The monoisotopic (exact) mass is 379 g/mol. The Morgan fingerprint density at radius 1 is 0.815 bits per heavy atom. The van der Waals surface area contributed by atoms with Gasteiger partial charge in [0.2, 0.25) is 5.91 Å². The van der Waals surface area contributed by atoms with Crippen molar-refractivity contribution in [2.24, 2.45) is 0 Å². The van der Waals surface area contributed by atoms with E-state index in [0.29, 0.717) is 12.3 Å². The summed E-state index contributed by atoms with van der Waals surface area (Å²) in [6, 6.07) is 0. The fourth-order valence-electron chi connectivity index (χ4n) is 3.89. The van der Waals surface area contributed by atoms with Gasteiger partial charge in [-0.15, -0.1) is 0 Å². The third kappa shape index (κ3) is 13.1. The summed E-state index contributed by atoms with van der Waals surface area (Å²) in [5.74, 6) is 0.314. The molecule has 1 aliphatic rings. The summed E-state index contributed by atoms with van der Waals surface area (Å²) in [4.78, 5) is 14.3. The van der Waals surface area contributed by atoms with E-state index in [1.807, 2.05) is 4.90 Å². The minimum absolute atomic E-state index is 0.173. The van der Waals surface area contributed by atoms with Crippen LogP contribution in [0.25, 0.3) is 0 Å². The van der Waals surface area contributed by atoms with Gasteiger partial charge in [0.05, 0.1) is 12.2 Å². The fourth-order valence-corrected chi connectivity index (χ4v) is 3.89. The van der Waals surface area contributed by atoms with Crippen LogP contribution in [0.5, 0.6) is 0 Å². The number of carbonyl (C=O) groups excluding carboxylic acids is 1. The number of morpholine rings is 1. The number of allylic oxidation sites excluding steroid dienone is 2.